The van der Waals surface area contributed by atoms with Gasteiger partial charge >= 0.3 is 0 Å². The maximum absolute atomic E-state index is 11.8. The zero-order chi connectivity index (χ0) is 13.9. The van der Waals surface area contributed by atoms with Crippen molar-refractivity contribution in [3.05, 3.63) is 33.8 Å². The molecule has 1 unspecified atom stereocenters. The number of carbonyl (C=O) groups is 1. The lowest BCUT2D eigenvalue weighted by Gasteiger charge is -2.13. The summed E-state index contributed by atoms with van der Waals surface area (Å²) in [5.41, 5.74) is 0.338. The van der Waals surface area contributed by atoms with Gasteiger partial charge in [-0.2, -0.15) is 0 Å². The lowest BCUT2D eigenvalue weighted by molar-refractivity contribution is 0.0943. The van der Waals surface area contributed by atoms with Gasteiger partial charge < -0.3 is 5.32 Å². The zero-order valence-corrected chi connectivity index (χ0v) is 12.2. The first kappa shape index (κ1) is 15.3. The predicted octanol–water partition coefficient (Wildman–Crippen LogP) is 2.16. The number of hydrogen-bond acceptors (Lipinski definition) is 3. The van der Waals surface area contributed by atoms with Crippen LogP contribution in [0.1, 0.15) is 17.3 Å². The maximum Gasteiger partial charge on any atom is 0.251 e. The van der Waals surface area contributed by atoms with E-state index in [9.17, 15) is 13.2 Å². The SMILES string of the molecule is CC(CS(C)(=O)=O)NC(=O)c1ccc(Cl)c(Cl)c1. The first-order valence-corrected chi connectivity index (χ1v) is 7.94. The molecule has 1 rings (SSSR count). The van der Waals surface area contributed by atoms with Crippen LogP contribution in [0.15, 0.2) is 18.2 Å². The molecule has 0 saturated carbocycles. The number of halogens is 2. The molecule has 0 radical (unpaired) electrons. The highest BCUT2D eigenvalue weighted by Crippen LogP contribution is 2.22. The van der Waals surface area contributed by atoms with Crippen LogP contribution in [0.3, 0.4) is 0 Å². The van der Waals surface area contributed by atoms with E-state index in [-0.39, 0.29) is 16.7 Å². The second-order valence-electron chi connectivity index (χ2n) is 4.10. The van der Waals surface area contributed by atoms with E-state index in [2.05, 4.69) is 5.32 Å². The lowest BCUT2D eigenvalue weighted by atomic mass is 10.2. The van der Waals surface area contributed by atoms with Crippen LogP contribution in [-0.4, -0.2) is 32.4 Å². The number of sulfone groups is 1. The summed E-state index contributed by atoms with van der Waals surface area (Å²) in [5, 5.41) is 3.22. The van der Waals surface area contributed by atoms with E-state index in [1.165, 1.54) is 18.2 Å². The average Bonchev–Trinajstić information content (AvgIpc) is 2.18. The largest absolute Gasteiger partial charge is 0.349 e. The van der Waals surface area contributed by atoms with Crippen LogP contribution in [0.4, 0.5) is 0 Å². The molecule has 0 aliphatic carbocycles. The standard InChI is InChI=1S/C11H13Cl2NO3S/c1-7(6-18(2,16)17)14-11(15)8-3-4-9(12)10(13)5-8/h3-5,7H,6H2,1-2H3,(H,14,15). The van der Waals surface area contributed by atoms with Gasteiger partial charge in [0.1, 0.15) is 9.84 Å². The summed E-state index contributed by atoms with van der Waals surface area (Å²) < 4.78 is 22.1. The second kappa shape index (κ2) is 5.91. The molecular weight excluding hydrogens is 297 g/mol. The Balaban J connectivity index is 2.73. The highest BCUT2D eigenvalue weighted by molar-refractivity contribution is 7.90. The van der Waals surface area contributed by atoms with Crippen LogP contribution in [-0.2, 0) is 9.84 Å². The highest BCUT2D eigenvalue weighted by Gasteiger charge is 2.15. The molecule has 0 heterocycles. The Morgan fingerprint density at radius 2 is 1.94 bits per heavy atom. The van der Waals surface area contributed by atoms with Gasteiger partial charge in [0.05, 0.1) is 15.8 Å². The van der Waals surface area contributed by atoms with Gasteiger partial charge in [-0.15, -0.1) is 0 Å². The van der Waals surface area contributed by atoms with E-state index < -0.39 is 15.9 Å². The van der Waals surface area contributed by atoms with Crippen LogP contribution < -0.4 is 5.32 Å². The fourth-order valence-electron chi connectivity index (χ4n) is 1.44. The Kier molecular flexibility index (Phi) is 5.01. The van der Waals surface area contributed by atoms with Crippen molar-refractivity contribution in [2.75, 3.05) is 12.0 Å². The Hall–Kier alpha value is -0.780. The monoisotopic (exact) mass is 309 g/mol. The van der Waals surface area contributed by atoms with Crippen molar-refractivity contribution in [3.63, 3.8) is 0 Å². The molecule has 0 spiro atoms. The zero-order valence-electron chi connectivity index (χ0n) is 9.91. The molecule has 0 fully saturated rings. The van der Waals surface area contributed by atoms with E-state index in [1.807, 2.05) is 0 Å². The molecule has 1 N–H and O–H groups in total. The van der Waals surface area contributed by atoms with Crippen LogP contribution in [0.2, 0.25) is 10.0 Å². The van der Waals surface area contributed by atoms with Gasteiger partial charge in [-0.25, -0.2) is 8.42 Å². The molecule has 0 bridgehead atoms. The molecule has 1 amide bonds. The van der Waals surface area contributed by atoms with E-state index >= 15 is 0 Å². The second-order valence-corrected chi connectivity index (χ2v) is 7.10. The minimum Gasteiger partial charge on any atom is -0.349 e. The average molecular weight is 310 g/mol. The van der Waals surface area contributed by atoms with E-state index in [0.717, 1.165) is 6.26 Å². The van der Waals surface area contributed by atoms with E-state index in [0.29, 0.717) is 10.6 Å². The molecule has 0 aromatic heterocycles. The van der Waals surface area contributed by atoms with Crippen LogP contribution in [0, 0.1) is 0 Å². The van der Waals surface area contributed by atoms with Crippen molar-refractivity contribution >= 4 is 38.9 Å². The fraction of sp³-hybridized carbons (Fsp3) is 0.364. The summed E-state index contributed by atoms with van der Waals surface area (Å²) in [5.74, 6) is -0.496. The third-order valence-corrected chi connectivity index (χ3v) is 3.96. The number of hydrogen-bond donors (Lipinski definition) is 1. The van der Waals surface area contributed by atoms with Crippen molar-refractivity contribution in [3.8, 4) is 0 Å². The Morgan fingerprint density at radius 1 is 1.33 bits per heavy atom. The van der Waals surface area contributed by atoms with E-state index in [1.54, 1.807) is 6.92 Å². The molecule has 18 heavy (non-hydrogen) atoms. The summed E-state index contributed by atoms with van der Waals surface area (Å²) in [7, 11) is -3.13. The molecule has 0 aliphatic heterocycles. The minimum atomic E-state index is -3.13. The molecule has 1 aromatic rings. The third-order valence-electron chi connectivity index (χ3n) is 2.11. The van der Waals surface area contributed by atoms with Gasteiger partial charge in [0.25, 0.3) is 5.91 Å². The smallest absolute Gasteiger partial charge is 0.251 e. The third kappa shape index (κ3) is 4.84. The summed E-state index contributed by atoms with van der Waals surface area (Å²) in [6.07, 6.45) is 1.12. The summed E-state index contributed by atoms with van der Waals surface area (Å²) in [6.45, 7) is 1.62. The van der Waals surface area contributed by atoms with Gasteiger partial charge in [0.15, 0.2) is 0 Å². The Labute approximate surface area is 116 Å². The molecule has 0 aliphatic rings. The van der Waals surface area contributed by atoms with Crippen LogP contribution in [0.5, 0.6) is 0 Å². The van der Waals surface area contributed by atoms with Crippen molar-refractivity contribution in [2.24, 2.45) is 0 Å². The van der Waals surface area contributed by atoms with Crippen molar-refractivity contribution < 1.29 is 13.2 Å². The molecule has 100 valence electrons. The molecule has 4 nitrogen and oxygen atoms in total. The number of amides is 1. The Bertz CT molecular complexity index is 557. The fourth-order valence-corrected chi connectivity index (χ4v) is 2.73. The first-order valence-electron chi connectivity index (χ1n) is 5.12. The van der Waals surface area contributed by atoms with Crippen LogP contribution in [0.25, 0.3) is 0 Å². The molecule has 1 aromatic carbocycles. The summed E-state index contributed by atoms with van der Waals surface area (Å²) >= 11 is 11.5. The highest BCUT2D eigenvalue weighted by atomic mass is 35.5. The van der Waals surface area contributed by atoms with Gasteiger partial charge in [-0.3, -0.25) is 4.79 Å². The van der Waals surface area contributed by atoms with Crippen molar-refractivity contribution in [1.29, 1.82) is 0 Å². The number of rotatable bonds is 4. The van der Waals surface area contributed by atoms with E-state index in [4.69, 9.17) is 23.2 Å². The lowest BCUT2D eigenvalue weighted by Crippen LogP contribution is -2.37. The predicted molar refractivity (Wildman–Crippen MR) is 73.1 cm³/mol. The Morgan fingerprint density at radius 3 is 2.44 bits per heavy atom. The van der Waals surface area contributed by atoms with Crippen molar-refractivity contribution in [1.82, 2.24) is 5.32 Å². The number of carbonyl (C=O) groups excluding carboxylic acids is 1. The van der Waals surface area contributed by atoms with Gasteiger partial charge in [0.2, 0.25) is 0 Å². The normalized spacial score (nSPS) is 13.1. The molecule has 1 atom stereocenters. The van der Waals surface area contributed by atoms with Gasteiger partial charge in [-0.1, -0.05) is 23.2 Å². The van der Waals surface area contributed by atoms with Crippen molar-refractivity contribution in [2.45, 2.75) is 13.0 Å². The number of nitrogens with one attached hydrogen (secondary N) is 1. The van der Waals surface area contributed by atoms with Gasteiger partial charge in [0, 0.05) is 17.9 Å². The number of benzene rings is 1. The summed E-state index contributed by atoms with van der Waals surface area (Å²) in [4.78, 5) is 11.8. The quantitative estimate of drug-likeness (QED) is 0.927. The molecule has 7 heteroatoms. The molecular formula is C11H13Cl2NO3S. The minimum absolute atomic E-state index is 0.111. The first-order chi connectivity index (χ1) is 8.19. The van der Waals surface area contributed by atoms with Gasteiger partial charge in [-0.05, 0) is 25.1 Å². The maximum atomic E-state index is 11.8. The summed E-state index contributed by atoms with van der Waals surface area (Å²) in [6, 6.07) is 4.00. The van der Waals surface area contributed by atoms with Crippen LogP contribution >= 0.6 is 23.2 Å². The topological polar surface area (TPSA) is 63.2 Å². The molecule has 0 saturated heterocycles.